The zero-order valence-electron chi connectivity index (χ0n) is 17.3. The van der Waals surface area contributed by atoms with Crippen molar-refractivity contribution < 1.29 is 23.7 Å². The SMILES string of the molecule is COc1ccc(C2CCCN2C(=O)/C=C/c2cc(OC)c(OC)cc2OC)cc1. The third-order valence-electron chi connectivity index (χ3n) is 5.18. The van der Waals surface area contributed by atoms with Crippen molar-refractivity contribution in [3.05, 3.63) is 53.6 Å². The number of rotatable bonds is 7. The molecular weight excluding hydrogens is 370 g/mol. The van der Waals surface area contributed by atoms with Gasteiger partial charge in [0.1, 0.15) is 11.5 Å². The molecule has 1 unspecified atom stereocenters. The number of hydrogen-bond donors (Lipinski definition) is 0. The number of likely N-dealkylation sites (tertiary alicyclic amines) is 1. The van der Waals surface area contributed by atoms with Gasteiger partial charge < -0.3 is 23.8 Å². The first kappa shape index (κ1) is 20.6. The second kappa shape index (κ2) is 9.37. The summed E-state index contributed by atoms with van der Waals surface area (Å²) in [7, 11) is 6.38. The molecular formula is C23H27NO5. The Morgan fingerprint density at radius 1 is 0.931 bits per heavy atom. The lowest BCUT2D eigenvalue weighted by molar-refractivity contribution is -0.126. The number of methoxy groups -OCH3 is 4. The van der Waals surface area contributed by atoms with E-state index in [-0.39, 0.29) is 11.9 Å². The molecule has 1 saturated heterocycles. The predicted octanol–water partition coefficient (Wildman–Crippen LogP) is 4.10. The molecule has 1 fully saturated rings. The summed E-state index contributed by atoms with van der Waals surface area (Å²) in [6, 6.07) is 11.5. The first-order valence-electron chi connectivity index (χ1n) is 9.54. The standard InChI is InChI=1S/C23H27NO5/c1-26-18-10-7-16(8-11-18)19-6-5-13-24(19)23(25)12-9-17-14-21(28-3)22(29-4)15-20(17)27-2/h7-12,14-15,19H,5-6,13H2,1-4H3/b12-9+. The highest BCUT2D eigenvalue weighted by Crippen LogP contribution is 2.36. The maximum atomic E-state index is 12.9. The number of carbonyl (C=O) groups excluding carboxylic acids is 1. The summed E-state index contributed by atoms with van der Waals surface area (Å²) in [5.41, 5.74) is 1.87. The van der Waals surface area contributed by atoms with E-state index in [1.54, 1.807) is 52.7 Å². The van der Waals surface area contributed by atoms with E-state index in [1.807, 2.05) is 29.2 Å². The van der Waals surface area contributed by atoms with Gasteiger partial charge in [-0.25, -0.2) is 0 Å². The van der Waals surface area contributed by atoms with Crippen molar-refractivity contribution in [3.63, 3.8) is 0 Å². The van der Waals surface area contributed by atoms with Crippen LogP contribution in [0, 0.1) is 0 Å². The van der Waals surface area contributed by atoms with Crippen molar-refractivity contribution in [2.75, 3.05) is 35.0 Å². The van der Waals surface area contributed by atoms with E-state index in [2.05, 4.69) is 0 Å². The predicted molar refractivity (Wildman–Crippen MR) is 112 cm³/mol. The maximum absolute atomic E-state index is 12.9. The Morgan fingerprint density at radius 2 is 1.59 bits per heavy atom. The molecule has 1 atom stereocenters. The van der Waals surface area contributed by atoms with Gasteiger partial charge in [-0.3, -0.25) is 4.79 Å². The van der Waals surface area contributed by atoms with E-state index in [0.717, 1.165) is 36.3 Å². The second-order valence-electron chi connectivity index (χ2n) is 6.75. The molecule has 6 heteroatoms. The quantitative estimate of drug-likeness (QED) is 0.659. The Hall–Kier alpha value is -3.15. The van der Waals surface area contributed by atoms with Crippen LogP contribution in [0.2, 0.25) is 0 Å². The number of benzene rings is 2. The molecule has 154 valence electrons. The lowest BCUT2D eigenvalue weighted by Gasteiger charge is -2.24. The molecule has 6 nitrogen and oxygen atoms in total. The molecule has 0 aromatic heterocycles. The summed E-state index contributed by atoms with van der Waals surface area (Å²) in [5, 5.41) is 0. The second-order valence-corrected chi connectivity index (χ2v) is 6.75. The van der Waals surface area contributed by atoms with Gasteiger partial charge in [0.2, 0.25) is 5.91 Å². The molecule has 0 bridgehead atoms. The van der Waals surface area contributed by atoms with Crippen LogP contribution in [-0.2, 0) is 4.79 Å². The smallest absolute Gasteiger partial charge is 0.247 e. The molecule has 0 N–H and O–H groups in total. The van der Waals surface area contributed by atoms with Gasteiger partial charge in [0.25, 0.3) is 0 Å². The molecule has 0 aliphatic carbocycles. The zero-order valence-corrected chi connectivity index (χ0v) is 17.3. The topological polar surface area (TPSA) is 57.2 Å². The molecule has 1 aliphatic rings. The van der Waals surface area contributed by atoms with Crippen LogP contribution in [0.4, 0.5) is 0 Å². The summed E-state index contributed by atoms with van der Waals surface area (Å²) >= 11 is 0. The van der Waals surface area contributed by atoms with Gasteiger partial charge in [-0.15, -0.1) is 0 Å². The fraction of sp³-hybridized carbons (Fsp3) is 0.348. The van der Waals surface area contributed by atoms with Crippen molar-refractivity contribution >= 4 is 12.0 Å². The van der Waals surface area contributed by atoms with E-state index in [9.17, 15) is 4.79 Å². The molecule has 2 aromatic rings. The minimum absolute atomic E-state index is 0.0276. The first-order valence-corrected chi connectivity index (χ1v) is 9.54. The number of amides is 1. The van der Waals surface area contributed by atoms with Gasteiger partial charge in [-0.05, 0) is 42.7 Å². The molecule has 1 amide bonds. The lowest BCUT2D eigenvalue weighted by atomic mass is 10.0. The monoisotopic (exact) mass is 397 g/mol. The van der Waals surface area contributed by atoms with E-state index >= 15 is 0 Å². The van der Waals surface area contributed by atoms with Crippen LogP contribution in [0.3, 0.4) is 0 Å². The average molecular weight is 397 g/mol. The number of ether oxygens (including phenoxy) is 4. The van der Waals surface area contributed by atoms with Gasteiger partial charge in [-0.1, -0.05) is 12.1 Å². The van der Waals surface area contributed by atoms with E-state index < -0.39 is 0 Å². The van der Waals surface area contributed by atoms with Crippen LogP contribution in [0.5, 0.6) is 23.0 Å². The molecule has 1 aliphatic heterocycles. The van der Waals surface area contributed by atoms with Crippen LogP contribution in [0.1, 0.15) is 30.0 Å². The van der Waals surface area contributed by atoms with Gasteiger partial charge in [0, 0.05) is 24.3 Å². The molecule has 29 heavy (non-hydrogen) atoms. The van der Waals surface area contributed by atoms with Gasteiger partial charge in [0.15, 0.2) is 11.5 Å². The number of hydrogen-bond acceptors (Lipinski definition) is 5. The average Bonchev–Trinajstić information content (AvgIpc) is 3.26. The highest BCUT2D eigenvalue weighted by atomic mass is 16.5. The Labute approximate surface area is 171 Å². The van der Waals surface area contributed by atoms with Crippen LogP contribution in [0.15, 0.2) is 42.5 Å². The molecule has 2 aromatic carbocycles. The van der Waals surface area contributed by atoms with E-state index in [1.165, 1.54) is 0 Å². The number of carbonyl (C=O) groups is 1. The zero-order chi connectivity index (χ0) is 20.8. The highest BCUT2D eigenvalue weighted by molar-refractivity contribution is 5.92. The Balaban J connectivity index is 1.80. The van der Waals surface area contributed by atoms with Crippen LogP contribution in [-0.4, -0.2) is 45.8 Å². The van der Waals surface area contributed by atoms with Crippen LogP contribution >= 0.6 is 0 Å². The van der Waals surface area contributed by atoms with Crippen molar-refractivity contribution in [1.82, 2.24) is 4.90 Å². The molecule has 0 saturated carbocycles. The maximum Gasteiger partial charge on any atom is 0.247 e. The largest absolute Gasteiger partial charge is 0.497 e. The molecule has 0 spiro atoms. The van der Waals surface area contributed by atoms with Crippen molar-refractivity contribution in [1.29, 1.82) is 0 Å². The normalized spacial score (nSPS) is 16.1. The summed E-state index contributed by atoms with van der Waals surface area (Å²) < 4.78 is 21.3. The van der Waals surface area contributed by atoms with Gasteiger partial charge in [0.05, 0.1) is 34.5 Å². The van der Waals surface area contributed by atoms with Crippen molar-refractivity contribution in [2.45, 2.75) is 18.9 Å². The lowest BCUT2D eigenvalue weighted by Crippen LogP contribution is -2.28. The molecule has 3 rings (SSSR count). The Bertz CT molecular complexity index is 876. The fourth-order valence-corrected chi connectivity index (χ4v) is 3.64. The minimum Gasteiger partial charge on any atom is -0.497 e. The number of nitrogens with zero attached hydrogens (tertiary/aromatic N) is 1. The third-order valence-corrected chi connectivity index (χ3v) is 5.18. The summed E-state index contributed by atoms with van der Waals surface area (Å²) in [6.45, 7) is 0.739. The summed E-state index contributed by atoms with van der Waals surface area (Å²) in [4.78, 5) is 14.8. The third kappa shape index (κ3) is 4.47. The van der Waals surface area contributed by atoms with Crippen molar-refractivity contribution in [2.24, 2.45) is 0 Å². The highest BCUT2D eigenvalue weighted by Gasteiger charge is 2.28. The van der Waals surface area contributed by atoms with Crippen LogP contribution < -0.4 is 18.9 Å². The molecule has 0 radical (unpaired) electrons. The summed E-state index contributed by atoms with van der Waals surface area (Å²) in [5.74, 6) is 2.55. The Morgan fingerprint density at radius 3 is 2.21 bits per heavy atom. The van der Waals surface area contributed by atoms with E-state index in [0.29, 0.717) is 17.2 Å². The fourth-order valence-electron chi connectivity index (χ4n) is 3.64. The van der Waals surface area contributed by atoms with Gasteiger partial charge in [-0.2, -0.15) is 0 Å². The first-order chi connectivity index (χ1) is 14.1. The Kier molecular flexibility index (Phi) is 6.65. The molecule has 1 heterocycles. The van der Waals surface area contributed by atoms with E-state index in [4.69, 9.17) is 18.9 Å². The van der Waals surface area contributed by atoms with Crippen molar-refractivity contribution in [3.8, 4) is 23.0 Å². The summed E-state index contributed by atoms with van der Waals surface area (Å²) in [6.07, 6.45) is 5.28. The minimum atomic E-state index is -0.0276. The van der Waals surface area contributed by atoms with Gasteiger partial charge >= 0.3 is 0 Å². The van der Waals surface area contributed by atoms with Crippen LogP contribution in [0.25, 0.3) is 6.08 Å².